The number of amides is 1. The standard InChI is InChI=1S/C49H78N2O17/c1-30-17-15-13-11-9-7-5-6-8-10-12-14-16-18-36(67-48-46(61)45(50)41(59)29-65-48)25-42-44(47(62)51-31(2)28-64-4)40(58)27-49(63,68-42)26-35(54)23-39(57)37(55)20-19-33(52)22-34(53)24-43(60)66-32(3)21-38(30)56/h5-18,30-42,44-46,48,52-59,61,63H,19-29,50H2,1-4H3,(H,51,62)/b6-5+,9-7+,10-8+,13-11+,14-12+,17-15+,18-16+/t30-,31?,32-,33+,34?,35?,36?,37?,38-,39?,40-,41+,42-,44+,45-,46-,48-,49?/m0/s1. The van der Waals surface area contributed by atoms with Crippen molar-refractivity contribution in [3.63, 3.8) is 0 Å². The number of nitrogens with one attached hydrogen (secondary N) is 1. The number of ether oxygens (including phenoxy) is 5. The van der Waals surface area contributed by atoms with Crippen LogP contribution in [-0.2, 0) is 33.3 Å². The van der Waals surface area contributed by atoms with E-state index in [-0.39, 0.29) is 51.2 Å². The molecule has 3 aliphatic rings. The maximum atomic E-state index is 13.8. The summed E-state index contributed by atoms with van der Waals surface area (Å²) in [6, 6.07) is -1.60. The van der Waals surface area contributed by atoms with Crippen molar-refractivity contribution in [1.82, 2.24) is 5.32 Å². The van der Waals surface area contributed by atoms with Crippen molar-refractivity contribution in [2.75, 3.05) is 20.3 Å². The molecule has 3 rings (SSSR count). The van der Waals surface area contributed by atoms with Gasteiger partial charge in [0, 0.05) is 51.2 Å². The van der Waals surface area contributed by atoms with Crippen LogP contribution in [0.1, 0.15) is 78.6 Å². The number of hydrogen-bond donors (Lipinski definition) is 12. The zero-order valence-electron chi connectivity index (χ0n) is 39.6. The average Bonchev–Trinajstić information content (AvgIpc) is 3.24. The Balaban J connectivity index is 1.91. The van der Waals surface area contributed by atoms with Crippen molar-refractivity contribution in [2.24, 2.45) is 17.6 Å². The van der Waals surface area contributed by atoms with Crippen LogP contribution in [0.3, 0.4) is 0 Å². The summed E-state index contributed by atoms with van der Waals surface area (Å²) in [5.41, 5.74) is 6.01. The minimum Gasteiger partial charge on any atom is -0.462 e. The molecule has 0 saturated carbocycles. The van der Waals surface area contributed by atoms with E-state index in [1.165, 1.54) is 7.11 Å². The lowest BCUT2D eigenvalue weighted by Gasteiger charge is -2.46. The Kier molecular flexibility index (Phi) is 26.2. The fraction of sp³-hybridized carbons (Fsp3) is 0.673. The van der Waals surface area contributed by atoms with E-state index < -0.39 is 141 Å². The Morgan fingerprint density at radius 2 is 1.35 bits per heavy atom. The zero-order valence-corrected chi connectivity index (χ0v) is 39.6. The minimum atomic E-state index is -2.27. The number of aliphatic hydroxyl groups is 10. The summed E-state index contributed by atoms with van der Waals surface area (Å²) in [5.74, 6) is -5.18. The molecule has 19 heteroatoms. The molecular formula is C49H78N2O17. The van der Waals surface area contributed by atoms with Gasteiger partial charge in [0.2, 0.25) is 5.91 Å². The molecule has 13 N–H and O–H groups in total. The fourth-order valence-corrected chi connectivity index (χ4v) is 8.14. The maximum absolute atomic E-state index is 13.8. The van der Waals surface area contributed by atoms with Crippen LogP contribution in [0.25, 0.3) is 0 Å². The van der Waals surface area contributed by atoms with Gasteiger partial charge in [-0.3, -0.25) is 9.59 Å². The minimum absolute atomic E-state index is 0.0933. The smallest absolute Gasteiger partial charge is 0.308 e. The topological polar surface area (TPSA) is 321 Å². The molecule has 2 saturated heterocycles. The van der Waals surface area contributed by atoms with Crippen molar-refractivity contribution < 1.29 is 84.3 Å². The molecule has 0 spiro atoms. The van der Waals surface area contributed by atoms with Gasteiger partial charge in [0.05, 0.1) is 92.6 Å². The van der Waals surface area contributed by atoms with E-state index >= 15 is 0 Å². The Labute approximate surface area is 399 Å². The molecule has 2 bridgehead atoms. The van der Waals surface area contributed by atoms with E-state index in [0.717, 1.165) is 0 Å². The molecule has 0 radical (unpaired) electrons. The van der Waals surface area contributed by atoms with Crippen molar-refractivity contribution in [1.29, 1.82) is 0 Å². The third kappa shape index (κ3) is 21.3. The number of carbonyl (C=O) groups excluding carboxylic acids is 2. The van der Waals surface area contributed by atoms with E-state index in [4.69, 9.17) is 29.4 Å². The van der Waals surface area contributed by atoms with Crippen molar-refractivity contribution in [3.05, 3.63) is 85.1 Å². The van der Waals surface area contributed by atoms with Crippen LogP contribution in [0, 0.1) is 11.8 Å². The molecule has 0 aromatic rings. The second-order valence-electron chi connectivity index (χ2n) is 18.2. The number of allylic oxidation sites excluding steroid dienone is 12. The Bertz CT molecular complexity index is 1710. The Morgan fingerprint density at radius 3 is 1.97 bits per heavy atom. The molecule has 68 heavy (non-hydrogen) atoms. The van der Waals surface area contributed by atoms with Gasteiger partial charge in [-0.1, -0.05) is 92.0 Å². The number of fused-ring (bicyclic) bond motifs is 2. The predicted octanol–water partition coefficient (Wildman–Crippen LogP) is 0.144. The van der Waals surface area contributed by atoms with Crippen molar-refractivity contribution in [2.45, 2.75) is 176 Å². The number of hydrogen-bond acceptors (Lipinski definition) is 18. The van der Waals surface area contributed by atoms with Gasteiger partial charge < -0.3 is 85.8 Å². The highest BCUT2D eigenvalue weighted by molar-refractivity contribution is 5.80. The molecule has 0 aromatic carbocycles. The zero-order chi connectivity index (χ0) is 50.4. The third-order valence-electron chi connectivity index (χ3n) is 11.9. The van der Waals surface area contributed by atoms with E-state index in [9.17, 15) is 60.7 Å². The summed E-state index contributed by atoms with van der Waals surface area (Å²) in [5, 5.41) is 112. The second-order valence-corrected chi connectivity index (χ2v) is 18.2. The fourth-order valence-electron chi connectivity index (χ4n) is 8.14. The van der Waals surface area contributed by atoms with Crippen LogP contribution in [0.15, 0.2) is 85.1 Å². The van der Waals surface area contributed by atoms with Crippen LogP contribution >= 0.6 is 0 Å². The van der Waals surface area contributed by atoms with Gasteiger partial charge in [-0.25, -0.2) is 0 Å². The quantitative estimate of drug-likeness (QED) is 0.158. The first-order valence-corrected chi connectivity index (χ1v) is 23.4. The molecule has 2 fully saturated rings. The summed E-state index contributed by atoms with van der Waals surface area (Å²) < 4.78 is 28.5. The summed E-state index contributed by atoms with van der Waals surface area (Å²) in [6.45, 7) is 5.05. The molecule has 18 atom stereocenters. The van der Waals surface area contributed by atoms with Crippen molar-refractivity contribution in [3.8, 4) is 0 Å². The molecule has 7 unspecified atom stereocenters. The van der Waals surface area contributed by atoms with E-state index in [2.05, 4.69) is 5.32 Å². The highest BCUT2D eigenvalue weighted by atomic mass is 16.7. The van der Waals surface area contributed by atoms with Crippen LogP contribution in [0.4, 0.5) is 0 Å². The lowest BCUT2D eigenvalue weighted by Crippen LogP contribution is -2.60. The number of methoxy groups -OCH3 is 1. The van der Waals surface area contributed by atoms with Gasteiger partial charge in [-0.05, 0) is 33.1 Å². The normalized spacial score (nSPS) is 42.2. The lowest BCUT2D eigenvalue weighted by molar-refractivity contribution is -0.304. The molecule has 3 heterocycles. The van der Waals surface area contributed by atoms with E-state index in [0.29, 0.717) is 0 Å². The number of carbonyl (C=O) groups is 2. The first-order valence-electron chi connectivity index (χ1n) is 23.4. The number of aliphatic hydroxyl groups excluding tert-OH is 9. The number of nitrogens with two attached hydrogens (primary N) is 1. The van der Waals surface area contributed by atoms with Gasteiger partial charge in [-0.2, -0.15) is 0 Å². The summed E-state index contributed by atoms with van der Waals surface area (Å²) in [7, 11) is 1.46. The first kappa shape index (κ1) is 58.8. The number of cyclic esters (lactones) is 1. The third-order valence-corrected chi connectivity index (χ3v) is 11.9. The molecule has 0 aromatic heterocycles. The Morgan fingerprint density at radius 1 is 0.750 bits per heavy atom. The van der Waals surface area contributed by atoms with Crippen LogP contribution < -0.4 is 11.1 Å². The highest BCUT2D eigenvalue weighted by Crippen LogP contribution is 2.38. The van der Waals surface area contributed by atoms with Crippen LogP contribution in [0.2, 0.25) is 0 Å². The monoisotopic (exact) mass is 967 g/mol. The molecule has 19 nitrogen and oxygen atoms in total. The SMILES string of the molecule is COCC(C)NC(=O)[C@H]1[C@@H]2CC(O[C@@H]3OC[C@@H](O)[C@H](N)[C@@H]3O)/C=C/C=C/C=C/C=C/C=C/C=C/C=C/[C@H](C)[C@@H](O)C[C@H](C)OC(=O)CC(O)C[C@H](O)CCC(O)C(O)CC(O)CC(O)(C[C@@H]1O)O2. The molecule has 0 aliphatic carbocycles. The van der Waals surface area contributed by atoms with Gasteiger partial charge in [-0.15, -0.1) is 0 Å². The van der Waals surface area contributed by atoms with Crippen LogP contribution in [-0.4, -0.2) is 181 Å². The molecular weight excluding hydrogens is 889 g/mol. The average molecular weight is 967 g/mol. The number of rotatable bonds is 6. The van der Waals surface area contributed by atoms with Gasteiger partial charge in [0.15, 0.2) is 12.1 Å². The maximum Gasteiger partial charge on any atom is 0.308 e. The summed E-state index contributed by atoms with van der Waals surface area (Å²) >= 11 is 0. The van der Waals surface area contributed by atoms with Gasteiger partial charge in [0.25, 0.3) is 0 Å². The second kappa shape index (κ2) is 30.3. The van der Waals surface area contributed by atoms with E-state index in [1.54, 1.807) is 68.5 Å². The van der Waals surface area contributed by atoms with E-state index in [1.807, 2.05) is 37.3 Å². The van der Waals surface area contributed by atoms with Crippen LogP contribution in [0.5, 0.6) is 0 Å². The number of esters is 1. The molecule has 1 amide bonds. The predicted molar refractivity (Wildman–Crippen MR) is 250 cm³/mol. The first-order chi connectivity index (χ1) is 32.2. The van der Waals surface area contributed by atoms with Crippen molar-refractivity contribution >= 4 is 11.9 Å². The Hall–Kier alpha value is -3.48. The molecule has 3 aliphatic heterocycles. The highest BCUT2D eigenvalue weighted by Gasteiger charge is 2.50. The summed E-state index contributed by atoms with van der Waals surface area (Å²) in [4.78, 5) is 26.3. The summed E-state index contributed by atoms with van der Waals surface area (Å²) in [6.07, 6.45) is 5.74. The van der Waals surface area contributed by atoms with Gasteiger partial charge in [0.1, 0.15) is 12.2 Å². The molecule has 386 valence electrons. The van der Waals surface area contributed by atoms with Gasteiger partial charge >= 0.3 is 5.97 Å². The largest absolute Gasteiger partial charge is 0.462 e. The lowest BCUT2D eigenvalue weighted by atomic mass is 9.82.